The van der Waals surface area contributed by atoms with Crippen LogP contribution < -0.4 is 5.43 Å². The summed E-state index contributed by atoms with van der Waals surface area (Å²) >= 11 is 0. The first kappa shape index (κ1) is 16.0. The van der Waals surface area contributed by atoms with Crippen molar-refractivity contribution < 1.29 is 15.0 Å². The Balaban J connectivity index is 2.50. The molecule has 1 aromatic rings. The molecule has 5 heteroatoms. The van der Waals surface area contributed by atoms with Gasteiger partial charge >= 0.3 is 0 Å². The van der Waals surface area contributed by atoms with E-state index < -0.39 is 0 Å². The Morgan fingerprint density at radius 3 is 2.65 bits per heavy atom. The van der Waals surface area contributed by atoms with Gasteiger partial charge in [-0.25, -0.2) is 5.43 Å². The summed E-state index contributed by atoms with van der Waals surface area (Å²) in [6.07, 6.45) is 4.64. The lowest BCUT2D eigenvalue weighted by atomic mass is 10.1. The van der Waals surface area contributed by atoms with Gasteiger partial charge in [-0.05, 0) is 25.5 Å². The fraction of sp³-hybridized carbons (Fsp3) is 0.467. The highest BCUT2D eigenvalue weighted by molar-refractivity contribution is 6.01. The number of phenols is 2. The molecular formula is C15H22N2O3. The lowest BCUT2D eigenvalue weighted by Crippen LogP contribution is -2.18. The lowest BCUT2D eigenvalue weighted by Gasteiger charge is -2.05. The number of aromatic hydroxyl groups is 2. The highest BCUT2D eigenvalue weighted by Crippen LogP contribution is 2.22. The SMILES string of the molecule is CCCCCCC(=O)N/N=C(\C)c1ccc(O)cc1O. The van der Waals surface area contributed by atoms with Gasteiger partial charge in [-0.15, -0.1) is 0 Å². The van der Waals surface area contributed by atoms with Crippen molar-refractivity contribution in [2.75, 3.05) is 0 Å². The molecule has 0 bridgehead atoms. The summed E-state index contributed by atoms with van der Waals surface area (Å²) in [6, 6.07) is 4.25. The number of hydrogen-bond acceptors (Lipinski definition) is 4. The number of rotatable bonds is 7. The van der Waals surface area contributed by atoms with Gasteiger partial charge in [0.15, 0.2) is 0 Å². The minimum absolute atomic E-state index is 0.0148. The van der Waals surface area contributed by atoms with E-state index in [9.17, 15) is 15.0 Å². The number of amides is 1. The molecule has 1 rings (SSSR count). The van der Waals surface area contributed by atoms with Crippen molar-refractivity contribution in [3.63, 3.8) is 0 Å². The summed E-state index contributed by atoms with van der Waals surface area (Å²) in [6.45, 7) is 3.81. The van der Waals surface area contributed by atoms with Crippen LogP contribution in [0.4, 0.5) is 0 Å². The van der Waals surface area contributed by atoms with Crippen LogP contribution in [0, 0.1) is 0 Å². The Bertz CT molecular complexity index is 484. The average Bonchev–Trinajstić information content (AvgIpc) is 2.41. The highest BCUT2D eigenvalue weighted by Gasteiger charge is 2.06. The zero-order valence-electron chi connectivity index (χ0n) is 12.0. The first-order valence-electron chi connectivity index (χ1n) is 6.90. The van der Waals surface area contributed by atoms with Crippen LogP contribution >= 0.6 is 0 Å². The van der Waals surface area contributed by atoms with E-state index in [0.717, 1.165) is 25.7 Å². The standard InChI is InChI=1S/C15H22N2O3/c1-3-4-5-6-7-15(20)17-16-11(2)13-9-8-12(18)10-14(13)19/h8-10,18-19H,3-7H2,1-2H3,(H,17,20)/b16-11+. The normalized spacial score (nSPS) is 11.4. The molecule has 1 amide bonds. The van der Waals surface area contributed by atoms with E-state index in [2.05, 4.69) is 17.5 Å². The molecule has 0 atom stereocenters. The minimum Gasteiger partial charge on any atom is -0.508 e. The monoisotopic (exact) mass is 278 g/mol. The van der Waals surface area contributed by atoms with Crippen molar-refractivity contribution in [2.45, 2.75) is 46.0 Å². The number of carbonyl (C=O) groups is 1. The molecule has 0 fully saturated rings. The molecule has 0 aliphatic carbocycles. The number of hydrogen-bond donors (Lipinski definition) is 3. The van der Waals surface area contributed by atoms with E-state index in [4.69, 9.17) is 0 Å². The number of nitrogens with one attached hydrogen (secondary N) is 1. The summed E-state index contributed by atoms with van der Waals surface area (Å²) in [7, 11) is 0. The summed E-state index contributed by atoms with van der Waals surface area (Å²) in [4.78, 5) is 11.6. The van der Waals surface area contributed by atoms with Gasteiger partial charge < -0.3 is 10.2 Å². The maximum absolute atomic E-state index is 11.6. The molecule has 3 N–H and O–H groups in total. The molecule has 0 saturated carbocycles. The van der Waals surface area contributed by atoms with Crippen molar-refractivity contribution >= 4 is 11.6 Å². The smallest absolute Gasteiger partial charge is 0.240 e. The lowest BCUT2D eigenvalue weighted by molar-refractivity contribution is -0.121. The number of nitrogens with zero attached hydrogens (tertiary/aromatic N) is 1. The fourth-order valence-electron chi connectivity index (χ4n) is 1.80. The van der Waals surface area contributed by atoms with Gasteiger partial charge in [0.2, 0.25) is 5.91 Å². The largest absolute Gasteiger partial charge is 0.508 e. The van der Waals surface area contributed by atoms with Gasteiger partial charge in [0.25, 0.3) is 0 Å². The van der Waals surface area contributed by atoms with Crippen LogP contribution in [-0.4, -0.2) is 21.8 Å². The number of carbonyl (C=O) groups excluding carboxylic acids is 1. The predicted molar refractivity (Wildman–Crippen MR) is 78.9 cm³/mol. The molecule has 0 aromatic heterocycles. The highest BCUT2D eigenvalue weighted by atomic mass is 16.3. The first-order chi connectivity index (χ1) is 9.54. The van der Waals surface area contributed by atoms with Crippen LogP contribution in [0.25, 0.3) is 0 Å². The number of unbranched alkanes of at least 4 members (excludes halogenated alkanes) is 3. The maximum atomic E-state index is 11.6. The summed E-state index contributed by atoms with van der Waals surface area (Å²) in [5, 5.41) is 22.8. The third kappa shape index (κ3) is 5.30. The average molecular weight is 278 g/mol. The van der Waals surface area contributed by atoms with Crippen LogP contribution in [0.3, 0.4) is 0 Å². The molecule has 0 saturated heterocycles. The molecule has 1 aromatic carbocycles. The Hall–Kier alpha value is -2.04. The van der Waals surface area contributed by atoms with Crippen LogP contribution in [0.15, 0.2) is 23.3 Å². The Morgan fingerprint density at radius 2 is 2.00 bits per heavy atom. The third-order valence-corrected chi connectivity index (χ3v) is 2.98. The number of phenolic OH excluding ortho intramolecular Hbond substituents is 2. The molecule has 0 aliphatic heterocycles. The van der Waals surface area contributed by atoms with Gasteiger partial charge in [-0.2, -0.15) is 5.10 Å². The topological polar surface area (TPSA) is 81.9 Å². The molecule has 0 unspecified atom stereocenters. The van der Waals surface area contributed by atoms with Crippen LogP contribution in [-0.2, 0) is 4.79 Å². The van der Waals surface area contributed by atoms with E-state index in [0.29, 0.717) is 17.7 Å². The fourth-order valence-corrected chi connectivity index (χ4v) is 1.80. The Kier molecular flexibility index (Phi) is 6.56. The second-order valence-electron chi connectivity index (χ2n) is 4.74. The molecule has 20 heavy (non-hydrogen) atoms. The molecule has 0 aliphatic rings. The molecule has 0 radical (unpaired) electrons. The van der Waals surface area contributed by atoms with E-state index in [1.54, 1.807) is 13.0 Å². The van der Waals surface area contributed by atoms with E-state index in [1.807, 2.05) is 0 Å². The van der Waals surface area contributed by atoms with Crippen LogP contribution in [0.5, 0.6) is 11.5 Å². The van der Waals surface area contributed by atoms with Gasteiger partial charge in [0.05, 0.1) is 5.71 Å². The second kappa shape index (κ2) is 8.19. The number of hydrazone groups is 1. The van der Waals surface area contributed by atoms with Gasteiger partial charge in [-0.1, -0.05) is 26.2 Å². The minimum atomic E-state index is -0.126. The van der Waals surface area contributed by atoms with Crippen molar-refractivity contribution in [3.05, 3.63) is 23.8 Å². The molecule has 0 heterocycles. The van der Waals surface area contributed by atoms with Crippen LogP contribution in [0.2, 0.25) is 0 Å². The zero-order valence-corrected chi connectivity index (χ0v) is 12.0. The van der Waals surface area contributed by atoms with Crippen molar-refractivity contribution in [1.29, 1.82) is 0 Å². The van der Waals surface area contributed by atoms with E-state index >= 15 is 0 Å². The maximum Gasteiger partial charge on any atom is 0.240 e. The van der Waals surface area contributed by atoms with Gasteiger partial charge in [0, 0.05) is 18.1 Å². The zero-order chi connectivity index (χ0) is 15.0. The quantitative estimate of drug-likeness (QED) is 0.407. The van der Waals surface area contributed by atoms with Crippen molar-refractivity contribution in [2.24, 2.45) is 5.10 Å². The Labute approximate surface area is 119 Å². The summed E-state index contributed by atoms with van der Waals surface area (Å²) in [5.41, 5.74) is 3.45. The third-order valence-electron chi connectivity index (χ3n) is 2.98. The Morgan fingerprint density at radius 1 is 1.25 bits per heavy atom. The molecule has 5 nitrogen and oxygen atoms in total. The van der Waals surface area contributed by atoms with Crippen molar-refractivity contribution in [1.82, 2.24) is 5.43 Å². The number of benzene rings is 1. The molecule has 110 valence electrons. The van der Waals surface area contributed by atoms with Gasteiger partial charge in [0.1, 0.15) is 11.5 Å². The molecular weight excluding hydrogens is 256 g/mol. The van der Waals surface area contributed by atoms with Gasteiger partial charge in [-0.3, -0.25) is 4.79 Å². The summed E-state index contributed by atoms with van der Waals surface area (Å²) < 4.78 is 0. The second-order valence-corrected chi connectivity index (χ2v) is 4.74. The first-order valence-corrected chi connectivity index (χ1v) is 6.90. The van der Waals surface area contributed by atoms with E-state index in [-0.39, 0.29) is 17.4 Å². The van der Waals surface area contributed by atoms with Crippen LogP contribution in [0.1, 0.15) is 51.5 Å². The molecule has 0 spiro atoms. The van der Waals surface area contributed by atoms with Crippen molar-refractivity contribution in [3.8, 4) is 11.5 Å². The van der Waals surface area contributed by atoms with E-state index in [1.165, 1.54) is 12.1 Å². The summed E-state index contributed by atoms with van der Waals surface area (Å²) in [5.74, 6) is -0.207. The predicted octanol–water partition coefficient (Wildman–Crippen LogP) is 2.91.